The lowest BCUT2D eigenvalue weighted by atomic mass is 9.76. The fourth-order valence-corrected chi connectivity index (χ4v) is 5.05. The zero-order valence-corrected chi connectivity index (χ0v) is 18.9. The molecule has 0 spiro atoms. The molecule has 0 aromatic carbocycles. The molecule has 3 aromatic rings. The van der Waals surface area contributed by atoms with E-state index in [4.69, 9.17) is 0 Å². The lowest BCUT2D eigenvalue weighted by molar-refractivity contribution is -0.137. The molecule has 35 heavy (non-hydrogen) atoms. The predicted octanol–water partition coefficient (Wildman–Crippen LogP) is 5.11. The molecule has 3 aliphatic rings. The van der Waals surface area contributed by atoms with Crippen molar-refractivity contribution in [1.82, 2.24) is 19.9 Å². The second-order valence-electron chi connectivity index (χ2n) is 9.07. The third-order valence-electron chi connectivity index (χ3n) is 6.71. The van der Waals surface area contributed by atoms with E-state index >= 15 is 0 Å². The van der Waals surface area contributed by atoms with Gasteiger partial charge < -0.3 is 10.2 Å². The van der Waals surface area contributed by atoms with Crippen LogP contribution in [0.4, 0.5) is 23.4 Å². The lowest BCUT2D eigenvalue weighted by Crippen LogP contribution is -2.60. The Morgan fingerprint density at radius 2 is 1.94 bits per heavy atom. The number of hydrogen-bond donors (Lipinski definition) is 1. The minimum absolute atomic E-state index is 0.0640. The number of anilines is 1. The molecule has 3 atom stereocenters. The molecule has 1 N–H and O–H groups in total. The number of alkyl halides is 3. The minimum atomic E-state index is -4.45. The maximum atomic E-state index is 14.5. The van der Waals surface area contributed by atoms with Crippen LogP contribution in [0.1, 0.15) is 41.0 Å². The minimum Gasteiger partial charge on any atom is -0.365 e. The Balaban J connectivity index is 1.42. The molecule has 6 rings (SSSR count). The van der Waals surface area contributed by atoms with Crippen LogP contribution in [0, 0.1) is 18.7 Å². The van der Waals surface area contributed by atoms with Gasteiger partial charge in [0.15, 0.2) is 0 Å². The Morgan fingerprint density at radius 1 is 1.11 bits per heavy atom. The van der Waals surface area contributed by atoms with Crippen LogP contribution >= 0.6 is 0 Å². The molecule has 182 valence electrons. The summed E-state index contributed by atoms with van der Waals surface area (Å²) in [6.45, 7) is 2.31. The third-order valence-corrected chi connectivity index (χ3v) is 6.71. The van der Waals surface area contributed by atoms with E-state index in [1.807, 2.05) is 0 Å². The Kier molecular flexibility index (Phi) is 5.90. The molecular weight excluding hydrogens is 462 g/mol. The fourth-order valence-electron chi connectivity index (χ4n) is 5.05. The number of carbonyl (C=O) groups is 1. The van der Waals surface area contributed by atoms with Crippen molar-refractivity contribution >= 4 is 11.7 Å². The number of pyridine rings is 3. The summed E-state index contributed by atoms with van der Waals surface area (Å²) >= 11 is 0. The molecule has 6 nitrogen and oxygen atoms in total. The highest BCUT2D eigenvalue weighted by molar-refractivity contribution is 5.99. The Morgan fingerprint density at radius 3 is 2.63 bits per heavy atom. The van der Waals surface area contributed by atoms with Crippen LogP contribution in [0.15, 0.2) is 48.8 Å². The first-order chi connectivity index (χ1) is 16.7. The van der Waals surface area contributed by atoms with Crippen LogP contribution in [0.5, 0.6) is 0 Å². The standard InChI is InChI=1S/C25H23F4N5O/c1-14-4-7-17(22-18(26)3-2-10-30-22)23(32-14)24(35)34-13-15-5-8-20(34)19(11-15)33-21-9-6-16(12-31-21)25(27,28)29/h2-4,6-7,9-10,12,15,19-20H,5,8,11,13H2,1H3,(H,31,33). The largest absolute Gasteiger partial charge is 0.417 e. The van der Waals surface area contributed by atoms with Gasteiger partial charge in [-0.1, -0.05) is 0 Å². The summed E-state index contributed by atoms with van der Waals surface area (Å²) in [4.78, 5) is 28.0. The van der Waals surface area contributed by atoms with Crippen molar-refractivity contribution in [2.45, 2.75) is 44.4 Å². The van der Waals surface area contributed by atoms with Gasteiger partial charge in [0.25, 0.3) is 5.91 Å². The molecule has 2 saturated heterocycles. The van der Waals surface area contributed by atoms with E-state index in [0.717, 1.165) is 31.5 Å². The summed E-state index contributed by atoms with van der Waals surface area (Å²) in [5.74, 6) is -0.292. The predicted molar refractivity (Wildman–Crippen MR) is 121 cm³/mol. The van der Waals surface area contributed by atoms with Crippen molar-refractivity contribution in [2.24, 2.45) is 5.92 Å². The maximum Gasteiger partial charge on any atom is 0.417 e. The number of carbonyl (C=O) groups excluding carboxylic acids is 1. The molecule has 5 heterocycles. The Bertz CT molecular complexity index is 1250. The quantitative estimate of drug-likeness (QED) is 0.520. The summed E-state index contributed by atoms with van der Waals surface area (Å²) < 4.78 is 53.1. The van der Waals surface area contributed by atoms with Gasteiger partial charge in [0.05, 0.1) is 11.6 Å². The first-order valence-electron chi connectivity index (χ1n) is 11.4. The third kappa shape index (κ3) is 4.56. The van der Waals surface area contributed by atoms with Gasteiger partial charge in [0, 0.05) is 36.2 Å². The van der Waals surface area contributed by atoms with E-state index in [2.05, 4.69) is 20.3 Å². The molecule has 3 fully saturated rings. The summed E-state index contributed by atoms with van der Waals surface area (Å²) in [5.41, 5.74) is 0.342. The molecule has 3 aromatic heterocycles. The lowest BCUT2D eigenvalue weighted by Gasteiger charge is -2.50. The summed E-state index contributed by atoms with van der Waals surface area (Å²) in [7, 11) is 0. The summed E-state index contributed by atoms with van der Waals surface area (Å²) in [5, 5.41) is 3.23. The number of nitrogens with one attached hydrogen (secondary N) is 1. The topological polar surface area (TPSA) is 71.0 Å². The first kappa shape index (κ1) is 23.2. The van der Waals surface area contributed by atoms with Crippen molar-refractivity contribution < 1.29 is 22.4 Å². The summed E-state index contributed by atoms with van der Waals surface area (Å²) in [6, 6.07) is 8.07. The normalized spacial score (nSPS) is 21.7. The fraction of sp³-hybridized carbons (Fsp3) is 0.360. The number of amides is 1. The average molecular weight is 485 g/mol. The monoisotopic (exact) mass is 485 g/mol. The zero-order valence-electron chi connectivity index (χ0n) is 18.9. The molecular formula is C25H23F4N5O. The van der Waals surface area contributed by atoms with Gasteiger partial charge in [-0.15, -0.1) is 0 Å². The van der Waals surface area contributed by atoms with E-state index in [1.165, 1.54) is 24.4 Å². The summed E-state index contributed by atoms with van der Waals surface area (Å²) in [6.07, 6.45) is 0.289. The molecule has 3 unspecified atom stereocenters. The number of fused-ring (bicyclic) bond motifs is 3. The van der Waals surface area contributed by atoms with Gasteiger partial charge in [0.2, 0.25) is 0 Å². The van der Waals surface area contributed by atoms with Crippen LogP contribution < -0.4 is 5.32 Å². The van der Waals surface area contributed by atoms with E-state index in [0.29, 0.717) is 23.6 Å². The number of rotatable bonds is 4. The van der Waals surface area contributed by atoms with Gasteiger partial charge >= 0.3 is 6.18 Å². The van der Waals surface area contributed by atoms with E-state index < -0.39 is 17.6 Å². The smallest absolute Gasteiger partial charge is 0.365 e. The second kappa shape index (κ2) is 8.90. The van der Waals surface area contributed by atoms with Crippen LogP contribution in [-0.2, 0) is 6.18 Å². The number of halogens is 4. The molecule has 1 aliphatic carbocycles. The van der Waals surface area contributed by atoms with E-state index in [9.17, 15) is 22.4 Å². The molecule has 10 heteroatoms. The molecule has 2 bridgehead atoms. The molecule has 1 saturated carbocycles. The number of piperidine rings is 2. The van der Waals surface area contributed by atoms with Crippen LogP contribution in [0.3, 0.4) is 0 Å². The van der Waals surface area contributed by atoms with Gasteiger partial charge in [-0.25, -0.2) is 14.4 Å². The van der Waals surface area contributed by atoms with Crippen molar-refractivity contribution in [3.63, 3.8) is 0 Å². The average Bonchev–Trinajstić information content (AvgIpc) is 2.84. The van der Waals surface area contributed by atoms with Gasteiger partial charge in [-0.2, -0.15) is 13.2 Å². The van der Waals surface area contributed by atoms with Crippen LogP contribution in [0.2, 0.25) is 0 Å². The molecule has 2 aliphatic heterocycles. The molecule has 0 radical (unpaired) electrons. The number of aryl methyl sites for hydroxylation is 1. The highest BCUT2D eigenvalue weighted by Gasteiger charge is 2.44. The number of aromatic nitrogens is 3. The Hall–Kier alpha value is -3.56. The van der Waals surface area contributed by atoms with Gasteiger partial charge in [-0.3, -0.25) is 9.78 Å². The van der Waals surface area contributed by atoms with Gasteiger partial charge in [0.1, 0.15) is 23.0 Å². The van der Waals surface area contributed by atoms with Crippen LogP contribution in [-0.4, -0.2) is 44.4 Å². The van der Waals surface area contributed by atoms with Crippen molar-refractivity contribution in [3.8, 4) is 11.3 Å². The van der Waals surface area contributed by atoms with Crippen LogP contribution in [0.25, 0.3) is 11.3 Å². The van der Waals surface area contributed by atoms with E-state index in [1.54, 1.807) is 24.0 Å². The zero-order chi connectivity index (χ0) is 24.7. The first-order valence-corrected chi connectivity index (χ1v) is 11.4. The van der Waals surface area contributed by atoms with E-state index in [-0.39, 0.29) is 35.3 Å². The highest BCUT2D eigenvalue weighted by Crippen LogP contribution is 2.38. The number of nitrogens with zero attached hydrogens (tertiary/aromatic N) is 4. The van der Waals surface area contributed by atoms with Gasteiger partial charge in [-0.05, 0) is 68.5 Å². The SMILES string of the molecule is Cc1ccc(-c2ncccc2F)c(C(=O)N2CC3CCC2C(Nc2ccc(C(F)(F)F)cn2)C3)n1. The highest BCUT2D eigenvalue weighted by atomic mass is 19.4. The second-order valence-corrected chi connectivity index (χ2v) is 9.07. The van der Waals surface area contributed by atoms with Crippen molar-refractivity contribution in [3.05, 3.63) is 71.6 Å². The van der Waals surface area contributed by atoms with Crippen molar-refractivity contribution in [1.29, 1.82) is 0 Å². The van der Waals surface area contributed by atoms with Crippen molar-refractivity contribution in [2.75, 3.05) is 11.9 Å². The number of hydrogen-bond acceptors (Lipinski definition) is 5. The Labute approximate surface area is 199 Å². The maximum absolute atomic E-state index is 14.5. The molecule has 1 amide bonds.